The molecule has 0 aromatic rings. The van der Waals surface area contributed by atoms with Gasteiger partial charge in [-0.3, -0.25) is 14.4 Å². The summed E-state index contributed by atoms with van der Waals surface area (Å²) >= 11 is 1.63. The number of rotatable bonds is 9. The molecule has 3 saturated heterocycles. The standard InChI is InChI=1S/C23H36N2O5S/c1-7-12-24(14(4)5)20(28)18-23-11-10-22(6,31-23)17(21(29)30-9-3)16(23)19(27)25(18)15(8-2)13-26/h7,14-18,26H,1,8-13H2,2-6H3/t15-,16-,17-,18?,22+,23?/m0/s1. The van der Waals surface area contributed by atoms with Gasteiger partial charge in [-0.15, -0.1) is 18.3 Å². The van der Waals surface area contributed by atoms with Gasteiger partial charge in [0.15, 0.2) is 0 Å². The molecule has 3 rings (SSSR count). The lowest BCUT2D eigenvalue weighted by Crippen LogP contribution is -2.58. The number of amides is 2. The first-order chi connectivity index (χ1) is 14.6. The van der Waals surface area contributed by atoms with Crippen LogP contribution in [0.2, 0.25) is 0 Å². The van der Waals surface area contributed by atoms with Crippen LogP contribution in [0, 0.1) is 11.8 Å². The fourth-order valence-electron chi connectivity index (χ4n) is 5.89. The van der Waals surface area contributed by atoms with Crippen molar-refractivity contribution in [2.75, 3.05) is 19.8 Å². The summed E-state index contributed by atoms with van der Waals surface area (Å²) in [4.78, 5) is 44.2. The summed E-state index contributed by atoms with van der Waals surface area (Å²) in [6.07, 6.45) is 3.67. The minimum atomic E-state index is -0.712. The Hall–Kier alpha value is -1.54. The van der Waals surface area contributed by atoms with Gasteiger partial charge < -0.3 is 19.6 Å². The van der Waals surface area contributed by atoms with E-state index in [4.69, 9.17) is 4.74 Å². The average molecular weight is 453 g/mol. The van der Waals surface area contributed by atoms with Crippen molar-refractivity contribution < 1.29 is 24.2 Å². The van der Waals surface area contributed by atoms with E-state index in [2.05, 4.69) is 6.58 Å². The molecule has 2 unspecified atom stereocenters. The highest BCUT2D eigenvalue weighted by Gasteiger charge is 2.78. The monoisotopic (exact) mass is 452 g/mol. The molecular formula is C23H36N2O5S. The molecule has 174 valence electrons. The quantitative estimate of drug-likeness (QED) is 0.426. The summed E-state index contributed by atoms with van der Waals surface area (Å²) in [5, 5.41) is 10.1. The highest BCUT2D eigenvalue weighted by molar-refractivity contribution is 8.02. The summed E-state index contributed by atoms with van der Waals surface area (Å²) < 4.78 is 4.27. The summed E-state index contributed by atoms with van der Waals surface area (Å²) in [7, 11) is 0. The Bertz CT molecular complexity index is 754. The van der Waals surface area contributed by atoms with Crippen LogP contribution in [0.5, 0.6) is 0 Å². The summed E-state index contributed by atoms with van der Waals surface area (Å²) in [5.41, 5.74) is 0. The molecule has 3 aliphatic rings. The number of carbonyl (C=O) groups excluding carboxylic acids is 3. The van der Waals surface area contributed by atoms with Crippen molar-refractivity contribution in [1.82, 2.24) is 9.80 Å². The molecule has 0 radical (unpaired) electrons. The zero-order chi connectivity index (χ0) is 23.1. The fraction of sp³-hybridized carbons (Fsp3) is 0.783. The number of aliphatic hydroxyl groups is 1. The molecule has 0 aliphatic carbocycles. The topological polar surface area (TPSA) is 87.2 Å². The second kappa shape index (κ2) is 8.77. The predicted octanol–water partition coefficient (Wildman–Crippen LogP) is 2.22. The summed E-state index contributed by atoms with van der Waals surface area (Å²) in [6, 6.07) is -1.24. The molecule has 3 heterocycles. The molecule has 2 bridgehead atoms. The molecule has 7 nitrogen and oxygen atoms in total. The number of carbonyl (C=O) groups is 3. The number of fused-ring (bicyclic) bond motifs is 1. The summed E-state index contributed by atoms with van der Waals surface area (Å²) in [6.45, 7) is 13.8. The molecule has 0 saturated carbocycles. The van der Waals surface area contributed by atoms with Gasteiger partial charge >= 0.3 is 5.97 Å². The first-order valence-corrected chi connectivity index (χ1v) is 12.2. The van der Waals surface area contributed by atoms with Crippen molar-refractivity contribution in [3.05, 3.63) is 12.7 Å². The van der Waals surface area contributed by atoms with Gasteiger partial charge in [0.1, 0.15) is 6.04 Å². The first kappa shape index (κ1) is 24.1. The second-order valence-electron chi connectivity index (χ2n) is 9.34. The Morgan fingerprint density at radius 2 is 2.06 bits per heavy atom. The zero-order valence-electron chi connectivity index (χ0n) is 19.3. The Labute approximate surface area is 189 Å². The minimum Gasteiger partial charge on any atom is -0.466 e. The van der Waals surface area contributed by atoms with Crippen LogP contribution in [0.3, 0.4) is 0 Å². The minimum absolute atomic E-state index is 0.0628. The maximum Gasteiger partial charge on any atom is 0.311 e. The van der Waals surface area contributed by atoms with Crippen LogP contribution in [0.15, 0.2) is 12.7 Å². The van der Waals surface area contributed by atoms with Gasteiger partial charge in [0, 0.05) is 17.3 Å². The lowest BCUT2D eigenvalue weighted by atomic mass is 9.66. The lowest BCUT2D eigenvalue weighted by Gasteiger charge is -2.40. The SMILES string of the molecule is C=CCN(C(=O)C1N([C@@H](CC)CO)C(=O)[C@@H]2[C@@H](C(=O)OCC)[C@@]3(C)CCC12S3)C(C)C. The number of aliphatic hydroxyl groups excluding tert-OH is 1. The largest absolute Gasteiger partial charge is 0.466 e. The van der Waals surface area contributed by atoms with E-state index in [9.17, 15) is 19.5 Å². The van der Waals surface area contributed by atoms with Gasteiger partial charge in [-0.1, -0.05) is 13.0 Å². The molecular weight excluding hydrogens is 416 g/mol. The van der Waals surface area contributed by atoms with Gasteiger partial charge in [-0.05, 0) is 47.0 Å². The van der Waals surface area contributed by atoms with Crippen molar-refractivity contribution in [3.8, 4) is 0 Å². The highest BCUT2D eigenvalue weighted by Crippen LogP contribution is 2.71. The highest BCUT2D eigenvalue weighted by atomic mass is 32.2. The van der Waals surface area contributed by atoms with Crippen LogP contribution in [-0.4, -0.2) is 80.1 Å². The molecule has 3 aliphatic heterocycles. The molecule has 6 atom stereocenters. The molecule has 31 heavy (non-hydrogen) atoms. The predicted molar refractivity (Wildman–Crippen MR) is 120 cm³/mol. The number of hydrogen-bond acceptors (Lipinski definition) is 6. The zero-order valence-corrected chi connectivity index (χ0v) is 20.1. The Balaban J connectivity index is 2.13. The van der Waals surface area contributed by atoms with E-state index >= 15 is 0 Å². The second-order valence-corrected chi connectivity index (χ2v) is 11.2. The summed E-state index contributed by atoms with van der Waals surface area (Å²) in [5.74, 6) is -1.87. The molecule has 1 spiro atoms. The lowest BCUT2D eigenvalue weighted by molar-refractivity contribution is -0.155. The molecule has 1 N–H and O–H groups in total. The maximum absolute atomic E-state index is 14.0. The number of ether oxygens (including phenoxy) is 1. The van der Waals surface area contributed by atoms with E-state index < -0.39 is 33.4 Å². The van der Waals surface area contributed by atoms with Crippen LogP contribution in [0.4, 0.5) is 0 Å². The smallest absolute Gasteiger partial charge is 0.311 e. The Morgan fingerprint density at radius 3 is 2.58 bits per heavy atom. The number of thioether (sulfide) groups is 1. The van der Waals surface area contributed by atoms with Crippen molar-refractivity contribution in [2.24, 2.45) is 11.8 Å². The molecule has 0 aromatic heterocycles. The molecule has 2 amide bonds. The van der Waals surface area contributed by atoms with Crippen LogP contribution < -0.4 is 0 Å². The molecule has 3 fully saturated rings. The maximum atomic E-state index is 14.0. The van der Waals surface area contributed by atoms with E-state index in [0.717, 1.165) is 6.42 Å². The third kappa shape index (κ3) is 3.50. The van der Waals surface area contributed by atoms with Crippen LogP contribution in [0.1, 0.15) is 53.9 Å². The Kier molecular flexibility index (Phi) is 6.82. The number of hydrogen-bond donors (Lipinski definition) is 1. The van der Waals surface area contributed by atoms with E-state index in [1.807, 2.05) is 27.7 Å². The van der Waals surface area contributed by atoms with Gasteiger partial charge in [-0.25, -0.2) is 0 Å². The third-order valence-corrected chi connectivity index (χ3v) is 9.28. The van der Waals surface area contributed by atoms with E-state index in [1.54, 1.807) is 34.6 Å². The average Bonchev–Trinajstić information content (AvgIpc) is 3.28. The van der Waals surface area contributed by atoms with E-state index in [-0.39, 0.29) is 37.0 Å². The van der Waals surface area contributed by atoms with Crippen molar-refractivity contribution in [3.63, 3.8) is 0 Å². The number of esters is 1. The van der Waals surface area contributed by atoms with Gasteiger partial charge in [-0.2, -0.15) is 0 Å². The van der Waals surface area contributed by atoms with E-state index in [1.165, 1.54) is 0 Å². The number of nitrogens with zero attached hydrogens (tertiary/aromatic N) is 2. The Morgan fingerprint density at radius 1 is 1.39 bits per heavy atom. The van der Waals surface area contributed by atoms with Crippen LogP contribution in [-0.2, 0) is 19.1 Å². The first-order valence-electron chi connectivity index (χ1n) is 11.3. The fourth-order valence-corrected chi connectivity index (χ4v) is 8.22. The van der Waals surface area contributed by atoms with Gasteiger partial charge in [0.05, 0.1) is 35.8 Å². The number of likely N-dealkylation sites (tertiary alicyclic amines) is 1. The van der Waals surface area contributed by atoms with Gasteiger partial charge in [0.2, 0.25) is 11.8 Å². The molecule has 0 aromatic carbocycles. The van der Waals surface area contributed by atoms with E-state index in [0.29, 0.717) is 19.4 Å². The normalized spacial score (nSPS) is 34.7. The molecule has 8 heteroatoms. The third-order valence-electron chi connectivity index (χ3n) is 7.30. The van der Waals surface area contributed by atoms with Crippen LogP contribution >= 0.6 is 11.8 Å². The van der Waals surface area contributed by atoms with Crippen molar-refractivity contribution in [1.29, 1.82) is 0 Å². The van der Waals surface area contributed by atoms with Gasteiger partial charge in [0.25, 0.3) is 0 Å². The van der Waals surface area contributed by atoms with Crippen LogP contribution in [0.25, 0.3) is 0 Å². The van der Waals surface area contributed by atoms with Crippen molar-refractivity contribution in [2.45, 2.75) is 81.5 Å². The van der Waals surface area contributed by atoms with Crippen molar-refractivity contribution >= 4 is 29.5 Å².